The first kappa shape index (κ1) is 15.0. The molecule has 0 fully saturated rings. The molecule has 0 aliphatic heterocycles. The first-order valence-corrected chi connectivity index (χ1v) is 8.42. The summed E-state index contributed by atoms with van der Waals surface area (Å²) >= 11 is 3.40. The molecule has 0 amide bonds. The number of imidazole rings is 1. The van der Waals surface area contributed by atoms with E-state index in [1.165, 1.54) is 5.56 Å². The minimum atomic E-state index is 0.0388. The van der Waals surface area contributed by atoms with Crippen LogP contribution >= 0.6 is 15.9 Å². The molecule has 22 heavy (non-hydrogen) atoms. The van der Waals surface area contributed by atoms with Crippen molar-refractivity contribution in [3.63, 3.8) is 0 Å². The first-order chi connectivity index (χ1) is 10.6. The second kappa shape index (κ2) is 6.08. The van der Waals surface area contributed by atoms with Gasteiger partial charge in [-0.05, 0) is 25.8 Å². The number of aryl methyl sites for hydroxylation is 2. The summed E-state index contributed by atoms with van der Waals surface area (Å²) in [7, 11) is 0. The first-order valence-electron chi connectivity index (χ1n) is 7.29. The highest BCUT2D eigenvalue weighted by molar-refractivity contribution is 9.09. The number of nitrogens with zero attached hydrogens (tertiary/aromatic N) is 3. The number of hydrogen-bond donors (Lipinski definition) is 0. The molecular formula is C17H18BrN3O. The van der Waals surface area contributed by atoms with E-state index in [1.54, 1.807) is 4.40 Å². The Bertz CT molecular complexity index is 865. The summed E-state index contributed by atoms with van der Waals surface area (Å²) in [6.07, 6.45) is 2.58. The molecule has 3 aromatic rings. The summed E-state index contributed by atoms with van der Waals surface area (Å²) in [5, 5.41) is 0.764. The Balaban J connectivity index is 2.16. The van der Waals surface area contributed by atoms with Crippen molar-refractivity contribution in [3.05, 3.63) is 69.4 Å². The van der Waals surface area contributed by atoms with E-state index < -0.39 is 0 Å². The van der Waals surface area contributed by atoms with Gasteiger partial charge in [0.15, 0.2) is 0 Å². The van der Waals surface area contributed by atoms with Crippen LogP contribution in [0.1, 0.15) is 22.5 Å². The molecule has 2 heterocycles. The maximum Gasteiger partial charge on any atom is 0.262 e. The second-order valence-corrected chi connectivity index (χ2v) is 6.23. The maximum absolute atomic E-state index is 12.6. The van der Waals surface area contributed by atoms with Gasteiger partial charge in [-0.15, -0.1) is 0 Å². The fourth-order valence-corrected chi connectivity index (χ4v) is 3.12. The van der Waals surface area contributed by atoms with Crippen molar-refractivity contribution >= 4 is 21.7 Å². The van der Waals surface area contributed by atoms with Crippen LogP contribution in [0.4, 0.5) is 0 Å². The van der Waals surface area contributed by atoms with Crippen LogP contribution in [0, 0.1) is 13.8 Å². The highest BCUT2D eigenvalue weighted by Crippen LogP contribution is 2.13. The van der Waals surface area contributed by atoms with E-state index in [9.17, 15) is 4.79 Å². The SMILES string of the molecule is Cc1nc2n(Cc3ccccc3)c(C)cn2c(=O)c1CCBr. The van der Waals surface area contributed by atoms with Gasteiger partial charge in [0.2, 0.25) is 5.78 Å². The van der Waals surface area contributed by atoms with Crippen LogP contribution in [0.5, 0.6) is 0 Å². The van der Waals surface area contributed by atoms with Crippen LogP contribution in [0.15, 0.2) is 41.3 Å². The van der Waals surface area contributed by atoms with Crippen molar-refractivity contribution in [2.45, 2.75) is 26.8 Å². The molecule has 0 saturated heterocycles. The van der Waals surface area contributed by atoms with Gasteiger partial charge in [-0.3, -0.25) is 9.20 Å². The van der Waals surface area contributed by atoms with E-state index >= 15 is 0 Å². The van der Waals surface area contributed by atoms with Crippen molar-refractivity contribution in [1.82, 2.24) is 14.0 Å². The van der Waals surface area contributed by atoms with Crippen LogP contribution in [0.3, 0.4) is 0 Å². The highest BCUT2D eigenvalue weighted by Gasteiger charge is 2.14. The number of fused-ring (bicyclic) bond motifs is 1. The lowest BCUT2D eigenvalue weighted by atomic mass is 10.2. The third-order valence-electron chi connectivity index (χ3n) is 3.91. The van der Waals surface area contributed by atoms with Crippen molar-refractivity contribution in [3.8, 4) is 0 Å². The molecule has 0 aliphatic rings. The molecular weight excluding hydrogens is 342 g/mol. The highest BCUT2D eigenvalue weighted by atomic mass is 79.9. The molecule has 0 bridgehead atoms. The standard InChI is InChI=1S/C17H18BrN3O/c1-12-10-21-16(22)15(8-9-18)13(2)19-17(21)20(12)11-14-6-4-3-5-7-14/h3-7,10H,8-9,11H2,1-2H3. The van der Waals surface area contributed by atoms with E-state index in [0.29, 0.717) is 18.7 Å². The number of aromatic nitrogens is 3. The summed E-state index contributed by atoms with van der Waals surface area (Å²) in [5.74, 6) is 0.710. The molecule has 0 spiro atoms. The number of hydrogen-bond acceptors (Lipinski definition) is 2. The molecule has 114 valence electrons. The van der Waals surface area contributed by atoms with Crippen molar-refractivity contribution in [1.29, 1.82) is 0 Å². The van der Waals surface area contributed by atoms with Crippen LogP contribution in [0.25, 0.3) is 5.78 Å². The Hall–Kier alpha value is -1.88. The lowest BCUT2D eigenvalue weighted by molar-refractivity contribution is 0.779. The Kier molecular flexibility index (Phi) is 4.16. The van der Waals surface area contributed by atoms with E-state index in [0.717, 1.165) is 22.3 Å². The zero-order valence-electron chi connectivity index (χ0n) is 12.7. The van der Waals surface area contributed by atoms with Crippen LogP contribution in [-0.4, -0.2) is 19.3 Å². The molecule has 0 radical (unpaired) electrons. The third kappa shape index (κ3) is 2.61. The lowest BCUT2D eigenvalue weighted by Gasteiger charge is -2.09. The van der Waals surface area contributed by atoms with E-state index in [1.807, 2.05) is 38.2 Å². The maximum atomic E-state index is 12.6. The van der Waals surface area contributed by atoms with Gasteiger partial charge in [0.1, 0.15) is 0 Å². The summed E-state index contributed by atoms with van der Waals surface area (Å²) in [6.45, 7) is 4.64. The van der Waals surface area contributed by atoms with Gasteiger partial charge in [-0.25, -0.2) is 4.98 Å². The minimum absolute atomic E-state index is 0.0388. The fourth-order valence-electron chi connectivity index (χ4n) is 2.73. The summed E-state index contributed by atoms with van der Waals surface area (Å²) in [6, 6.07) is 10.2. The van der Waals surface area contributed by atoms with Gasteiger partial charge in [0.05, 0.1) is 12.2 Å². The second-order valence-electron chi connectivity index (χ2n) is 5.43. The van der Waals surface area contributed by atoms with Crippen molar-refractivity contribution in [2.24, 2.45) is 0 Å². The third-order valence-corrected chi connectivity index (χ3v) is 4.30. The summed E-state index contributed by atoms with van der Waals surface area (Å²) in [4.78, 5) is 17.3. The topological polar surface area (TPSA) is 39.3 Å². The molecule has 0 N–H and O–H groups in total. The Morgan fingerprint density at radius 2 is 1.91 bits per heavy atom. The molecule has 0 saturated carbocycles. The number of halogens is 1. The zero-order chi connectivity index (χ0) is 15.7. The average Bonchev–Trinajstić information content (AvgIpc) is 2.82. The predicted octanol–water partition coefficient (Wildman–Crippen LogP) is 3.10. The number of benzene rings is 1. The van der Waals surface area contributed by atoms with Crippen molar-refractivity contribution in [2.75, 3.05) is 5.33 Å². The Morgan fingerprint density at radius 3 is 2.59 bits per heavy atom. The van der Waals surface area contributed by atoms with Gasteiger partial charge in [0.25, 0.3) is 5.56 Å². The average molecular weight is 360 g/mol. The quantitative estimate of drug-likeness (QED) is 0.671. The van der Waals surface area contributed by atoms with Crippen LogP contribution in [-0.2, 0) is 13.0 Å². The number of alkyl halides is 1. The summed E-state index contributed by atoms with van der Waals surface area (Å²) in [5.41, 5.74) is 3.86. The van der Waals surface area contributed by atoms with E-state index in [-0.39, 0.29) is 5.56 Å². The largest absolute Gasteiger partial charge is 0.310 e. The molecule has 4 nitrogen and oxygen atoms in total. The zero-order valence-corrected chi connectivity index (χ0v) is 14.3. The fraction of sp³-hybridized carbons (Fsp3) is 0.294. The molecule has 0 aliphatic carbocycles. The monoisotopic (exact) mass is 359 g/mol. The molecule has 5 heteroatoms. The Morgan fingerprint density at radius 1 is 1.18 bits per heavy atom. The predicted molar refractivity (Wildman–Crippen MR) is 92.0 cm³/mol. The van der Waals surface area contributed by atoms with Crippen LogP contribution in [0.2, 0.25) is 0 Å². The molecule has 1 aromatic carbocycles. The minimum Gasteiger partial charge on any atom is -0.310 e. The van der Waals surface area contributed by atoms with E-state index in [2.05, 4.69) is 37.6 Å². The van der Waals surface area contributed by atoms with Crippen molar-refractivity contribution < 1.29 is 0 Å². The normalized spacial score (nSPS) is 11.2. The molecule has 3 rings (SSSR count). The van der Waals surface area contributed by atoms with Crippen LogP contribution < -0.4 is 5.56 Å². The van der Waals surface area contributed by atoms with Gasteiger partial charge in [-0.1, -0.05) is 46.3 Å². The smallest absolute Gasteiger partial charge is 0.262 e. The van der Waals surface area contributed by atoms with E-state index in [4.69, 9.17) is 0 Å². The summed E-state index contributed by atoms with van der Waals surface area (Å²) < 4.78 is 3.75. The number of rotatable bonds is 4. The Labute approximate surface area is 137 Å². The van der Waals surface area contributed by atoms with Gasteiger partial charge in [-0.2, -0.15) is 0 Å². The van der Waals surface area contributed by atoms with Gasteiger partial charge >= 0.3 is 0 Å². The molecule has 2 aromatic heterocycles. The van der Waals surface area contributed by atoms with Gasteiger partial charge < -0.3 is 4.57 Å². The lowest BCUT2D eigenvalue weighted by Crippen LogP contribution is -2.21. The molecule has 0 atom stereocenters. The molecule has 0 unspecified atom stereocenters. The van der Waals surface area contributed by atoms with Gasteiger partial charge in [0, 0.05) is 22.8 Å².